The smallest absolute Gasteiger partial charge is 0.331 e. The van der Waals surface area contributed by atoms with E-state index in [2.05, 4.69) is 0 Å². The second kappa shape index (κ2) is 8.15. The first kappa shape index (κ1) is 19.0. The molecule has 0 bridgehead atoms. The molecule has 7 nitrogen and oxygen atoms in total. The molecule has 0 N–H and O–H groups in total. The van der Waals surface area contributed by atoms with Crippen LogP contribution in [0.2, 0.25) is 0 Å². The molecular formula is C17H21NO6S. The molecular weight excluding hydrogens is 346 g/mol. The van der Waals surface area contributed by atoms with E-state index >= 15 is 0 Å². The van der Waals surface area contributed by atoms with Gasteiger partial charge >= 0.3 is 5.97 Å². The normalized spacial score (nSPS) is 18.9. The van der Waals surface area contributed by atoms with Crippen LogP contribution in [-0.2, 0) is 24.2 Å². The second-order valence-corrected chi connectivity index (χ2v) is 8.00. The van der Waals surface area contributed by atoms with Crippen LogP contribution in [0.25, 0.3) is 6.08 Å². The Labute approximate surface area is 147 Å². The van der Waals surface area contributed by atoms with Crippen molar-refractivity contribution >= 4 is 27.8 Å². The lowest BCUT2D eigenvalue weighted by Gasteiger charge is -2.22. The molecule has 1 aromatic rings. The summed E-state index contributed by atoms with van der Waals surface area (Å²) in [6.07, 6.45) is 3.21. The molecule has 1 saturated heterocycles. The van der Waals surface area contributed by atoms with Crippen molar-refractivity contribution in [2.45, 2.75) is 12.5 Å². The fraction of sp³-hybridized carbons (Fsp3) is 0.412. The second-order valence-electron chi connectivity index (χ2n) is 5.78. The molecule has 1 aliphatic rings. The van der Waals surface area contributed by atoms with E-state index in [4.69, 9.17) is 9.47 Å². The van der Waals surface area contributed by atoms with Gasteiger partial charge in [0.2, 0.25) is 0 Å². The molecule has 0 aromatic heterocycles. The van der Waals surface area contributed by atoms with Gasteiger partial charge in [0, 0.05) is 19.2 Å². The summed E-state index contributed by atoms with van der Waals surface area (Å²) >= 11 is 0. The monoisotopic (exact) mass is 367 g/mol. The van der Waals surface area contributed by atoms with Crippen molar-refractivity contribution in [1.29, 1.82) is 0 Å². The molecule has 0 radical (unpaired) electrons. The topological polar surface area (TPSA) is 90.0 Å². The van der Waals surface area contributed by atoms with Crippen molar-refractivity contribution in [3.63, 3.8) is 0 Å². The number of amides is 1. The number of hydrogen-bond acceptors (Lipinski definition) is 6. The fourth-order valence-corrected chi connectivity index (χ4v) is 4.22. The first-order chi connectivity index (χ1) is 11.8. The van der Waals surface area contributed by atoms with E-state index in [1.165, 1.54) is 18.0 Å². The average Bonchev–Trinajstić information content (AvgIpc) is 2.97. The van der Waals surface area contributed by atoms with E-state index in [1.54, 1.807) is 37.5 Å². The van der Waals surface area contributed by atoms with Crippen LogP contribution in [0, 0.1) is 0 Å². The van der Waals surface area contributed by atoms with Crippen LogP contribution < -0.4 is 4.74 Å². The molecule has 1 heterocycles. The minimum Gasteiger partial charge on any atom is -0.497 e. The SMILES string of the molecule is COc1ccc(/C=C/C(=O)OCC(=O)N(C)[C@@H]2CCS(=O)(=O)C2)cc1. The van der Waals surface area contributed by atoms with Crippen LogP contribution in [0.1, 0.15) is 12.0 Å². The van der Waals surface area contributed by atoms with Crippen molar-refractivity contribution < 1.29 is 27.5 Å². The van der Waals surface area contributed by atoms with Crippen LogP contribution in [-0.4, -0.2) is 63.5 Å². The molecule has 1 aromatic carbocycles. The molecule has 136 valence electrons. The molecule has 1 fully saturated rings. The number of benzene rings is 1. The summed E-state index contributed by atoms with van der Waals surface area (Å²) in [5, 5.41) is 0. The van der Waals surface area contributed by atoms with E-state index in [0.717, 1.165) is 5.56 Å². The minimum atomic E-state index is -3.07. The van der Waals surface area contributed by atoms with Gasteiger partial charge < -0.3 is 14.4 Å². The quantitative estimate of drug-likeness (QED) is 0.548. The number of likely N-dealkylation sites (N-methyl/N-ethyl adjacent to an activating group) is 1. The summed E-state index contributed by atoms with van der Waals surface area (Å²) in [5.74, 6) is -0.313. The average molecular weight is 367 g/mol. The fourth-order valence-electron chi connectivity index (χ4n) is 2.45. The highest BCUT2D eigenvalue weighted by Crippen LogP contribution is 2.16. The number of carbonyl (C=O) groups excluding carboxylic acids is 2. The highest BCUT2D eigenvalue weighted by Gasteiger charge is 2.32. The summed E-state index contributed by atoms with van der Waals surface area (Å²) in [5.41, 5.74) is 0.789. The maximum Gasteiger partial charge on any atom is 0.331 e. The molecule has 0 unspecified atom stereocenters. The van der Waals surface area contributed by atoms with Gasteiger partial charge in [0.25, 0.3) is 5.91 Å². The van der Waals surface area contributed by atoms with Gasteiger partial charge in [-0.15, -0.1) is 0 Å². The van der Waals surface area contributed by atoms with Crippen molar-refractivity contribution in [3.05, 3.63) is 35.9 Å². The standard InChI is InChI=1S/C17H21NO6S/c1-18(14-9-10-25(21,22)12-14)16(19)11-24-17(20)8-5-13-3-6-15(23-2)7-4-13/h3-8,14H,9-12H2,1-2H3/b8-5+/t14-/m1/s1. The zero-order valence-corrected chi connectivity index (χ0v) is 15.0. The molecule has 0 spiro atoms. The Kier molecular flexibility index (Phi) is 6.19. The number of esters is 1. The summed E-state index contributed by atoms with van der Waals surface area (Å²) in [6, 6.07) is 6.73. The number of sulfone groups is 1. The van der Waals surface area contributed by atoms with Crippen LogP contribution >= 0.6 is 0 Å². The van der Waals surface area contributed by atoms with Gasteiger partial charge in [0.05, 0.1) is 18.6 Å². The first-order valence-corrected chi connectivity index (χ1v) is 9.58. The molecule has 8 heteroatoms. The predicted octanol–water partition coefficient (Wildman–Crippen LogP) is 0.897. The third kappa shape index (κ3) is 5.60. The summed E-state index contributed by atoms with van der Waals surface area (Å²) in [6.45, 7) is -0.418. The summed E-state index contributed by atoms with van der Waals surface area (Å²) in [7, 11) is 0.0180. The molecule has 0 aliphatic carbocycles. The Hall–Kier alpha value is -2.35. The van der Waals surface area contributed by atoms with Crippen molar-refractivity contribution in [1.82, 2.24) is 4.90 Å². The molecule has 0 saturated carbocycles. The molecule has 25 heavy (non-hydrogen) atoms. The van der Waals surface area contributed by atoms with Gasteiger partial charge in [-0.3, -0.25) is 4.79 Å². The number of nitrogens with zero attached hydrogens (tertiary/aromatic N) is 1. The van der Waals surface area contributed by atoms with Gasteiger partial charge in [-0.05, 0) is 30.2 Å². The van der Waals surface area contributed by atoms with Crippen LogP contribution in [0.15, 0.2) is 30.3 Å². The third-order valence-electron chi connectivity index (χ3n) is 4.02. The number of methoxy groups -OCH3 is 1. The number of hydrogen-bond donors (Lipinski definition) is 0. The van der Waals surface area contributed by atoms with Crippen LogP contribution in [0.3, 0.4) is 0 Å². The Morgan fingerprint density at radius 3 is 2.52 bits per heavy atom. The molecule has 2 rings (SSSR count). The molecule has 1 aliphatic heterocycles. The number of ether oxygens (including phenoxy) is 2. The van der Waals surface area contributed by atoms with Gasteiger partial charge in [0.1, 0.15) is 5.75 Å². The minimum absolute atomic E-state index is 0.0411. The van der Waals surface area contributed by atoms with E-state index in [9.17, 15) is 18.0 Å². The molecule has 1 amide bonds. The van der Waals surface area contributed by atoms with E-state index < -0.39 is 28.3 Å². The zero-order chi connectivity index (χ0) is 18.4. The summed E-state index contributed by atoms with van der Waals surface area (Å²) in [4.78, 5) is 25.0. The third-order valence-corrected chi connectivity index (χ3v) is 5.77. The lowest BCUT2D eigenvalue weighted by molar-refractivity contribution is -0.148. The van der Waals surface area contributed by atoms with E-state index in [-0.39, 0.29) is 17.5 Å². The highest BCUT2D eigenvalue weighted by atomic mass is 32.2. The highest BCUT2D eigenvalue weighted by molar-refractivity contribution is 7.91. The Morgan fingerprint density at radius 2 is 1.96 bits per heavy atom. The lowest BCUT2D eigenvalue weighted by atomic mass is 10.2. The zero-order valence-electron chi connectivity index (χ0n) is 14.2. The number of carbonyl (C=O) groups is 2. The predicted molar refractivity (Wildman–Crippen MR) is 92.8 cm³/mol. The maximum atomic E-state index is 12.0. The number of rotatable bonds is 6. The van der Waals surface area contributed by atoms with Crippen molar-refractivity contribution in [2.75, 3.05) is 32.3 Å². The van der Waals surface area contributed by atoms with Crippen molar-refractivity contribution in [3.8, 4) is 5.75 Å². The van der Waals surface area contributed by atoms with Crippen LogP contribution in [0.5, 0.6) is 5.75 Å². The van der Waals surface area contributed by atoms with Gasteiger partial charge in [-0.2, -0.15) is 0 Å². The first-order valence-electron chi connectivity index (χ1n) is 7.76. The van der Waals surface area contributed by atoms with Gasteiger partial charge in [-0.1, -0.05) is 12.1 Å². The Balaban J connectivity index is 1.80. The lowest BCUT2D eigenvalue weighted by Crippen LogP contribution is -2.40. The summed E-state index contributed by atoms with van der Waals surface area (Å²) < 4.78 is 32.9. The van der Waals surface area contributed by atoms with E-state index in [0.29, 0.717) is 12.2 Å². The largest absolute Gasteiger partial charge is 0.497 e. The van der Waals surface area contributed by atoms with Gasteiger partial charge in [0.15, 0.2) is 16.4 Å². The van der Waals surface area contributed by atoms with Gasteiger partial charge in [-0.25, -0.2) is 13.2 Å². The van der Waals surface area contributed by atoms with Crippen molar-refractivity contribution in [2.24, 2.45) is 0 Å². The van der Waals surface area contributed by atoms with E-state index in [1.807, 2.05) is 0 Å². The Morgan fingerprint density at radius 1 is 1.28 bits per heavy atom. The Bertz CT molecular complexity index is 754. The van der Waals surface area contributed by atoms with Crippen LogP contribution in [0.4, 0.5) is 0 Å². The molecule has 1 atom stereocenters. The maximum absolute atomic E-state index is 12.0.